The van der Waals surface area contributed by atoms with Crippen molar-refractivity contribution >= 4 is 32.5 Å². The van der Waals surface area contributed by atoms with E-state index in [0.717, 1.165) is 12.1 Å². The van der Waals surface area contributed by atoms with Crippen LogP contribution in [-0.4, -0.2) is 52.2 Å². The molecule has 0 fully saturated rings. The first kappa shape index (κ1) is 23.2. The lowest BCUT2D eigenvalue weighted by atomic mass is 10.0. The average Bonchev–Trinajstić information content (AvgIpc) is 3.25. The van der Waals surface area contributed by atoms with E-state index in [1.54, 1.807) is 13.0 Å². The Morgan fingerprint density at radius 3 is 2.50 bits per heavy atom. The number of methoxy groups -OCH3 is 1. The van der Waals surface area contributed by atoms with Crippen molar-refractivity contribution in [2.45, 2.75) is 13.3 Å². The minimum absolute atomic E-state index is 0.105. The van der Waals surface area contributed by atoms with Crippen LogP contribution in [0, 0.1) is 11.6 Å². The molecule has 0 radical (unpaired) electrons. The molecule has 2 N–H and O–H groups in total. The summed E-state index contributed by atoms with van der Waals surface area (Å²) in [4.78, 5) is 25.4. The molecule has 13 heteroatoms. The second-order valence-electron chi connectivity index (χ2n) is 7.19. The minimum atomic E-state index is -3.99. The lowest BCUT2D eigenvalue weighted by Gasteiger charge is -2.11. The highest BCUT2D eigenvalue weighted by Gasteiger charge is 2.25. The number of nitrogens with one attached hydrogen (secondary N) is 2. The molecular formula is C21H18F2N6O4S. The number of halogens is 2. The topological polar surface area (TPSA) is 140 Å². The van der Waals surface area contributed by atoms with E-state index >= 15 is 4.39 Å². The number of hydrogen-bond donors (Lipinski definition) is 2. The Bertz CT molecular complexity index is 1490. The molecule has 4 rings (SSSR count). The van der Waals surface area contributed by atoms with Crippen LogP contribution in [0.2, 0.25) is 0 Å². The number of fused-ring (bicyclic) bond motifs is 1. The monoisotopic (exact) mass is 488 g/mol. The molecule has 0 bridgehead atoms. The van der Waals surface area contributed by atoms with Crippen molar-refractivity contribution in [1.82, 2.24) is 25.1 Å². The molecule has 0 spiro atoms. The minimum Gasteiger partial charge on any atom is -0.467 e. The van der Waals surface area contributed by atoms with Gasteiger partial charge in [-0.2, -0.15) is 5.10 Å². The van der Waals surface area contributed by atoms with Crippen LogP contribution in [0.25, 0.3) is 22.2 Å². The van der Waals surface area contributed by atoms with Gasteiger partial charge in [0.05, 0.1) is 23.8 Å². The number of carbonyl (C=O) groups is 1. The number of rotatable bonds is 8. The van der Waals surface area contributed by atoms with Crippen LogP contribution in [-0.2, 0) is 10.0 Å². The maximum atomic E-state index is 15.1. The van der Waals surface area contributed by atoms with Gasteiger partial charge in [0.15, 0.2) is 11.5 Å². The van der Waals surface area contributed by atoms with E-state index in [1.165, 1.54) is 25.7 Å². The van der Waals surface area contributed by atoms with E-state index in [9.17, 15) is 17.6 Å². The maximum Gasteiger partial charge on any atom is 0.316 e. The molecule has 1 aromatic carbocycles. The number of ether oxygens (including phenoxy) is 1. The van der Waals surface area contributed by atoms with Crippen molar-refractivity contribution in [3.05, 3.63) is 59.7 Å². The summed E-state index contributed by atoms with van der Waals surface area (Å²) in [7, 11) is -2.56. The van der Waals surface area contributed by atoms with Crippen molar-refractivity contribution in [2.75, 3.05) is 17.6 Å². The van der Waals surface area contributed by atoms with E-state index in [4.69, 9.17) is 4.74 Å². The summed E-state index contributed by atoms with van der Waals surface area (Å²) < 4.78 is 60.2. The molecular weight excluding hydrogens is 470 g/mol. The number of aromatic nitrogens is 5. The molecule has 3 heterocycles. The third-order valence-electron chi connectivity index (χ3n) is 4.85. The quantitative estimate of drug-likeness (QED) is 0.361. The number of H-pyrrole nitrogens is 1. The van der Waals surface area contributed by atoms with Crippen molar-refractivity contribution < 1.29 is 26.7 Å². The molecule has 0 aliphatic heterocycles. The molecule has 0 saturated carbocycles. The summed E-state index contributed by atoms with van der Waals surface area (Å²) in [6, 6.07) is 3.52. The number of ketones is 1. The highest BCUT2D eigenvalue weighted by Crippen LogP contribution is 2.28. The summed E-state index contributed by atoms with van der Waals surface area (Å²) in [6.07, 6.45) is 4.75. The first-order valence-electron chi connectivity index (χ1n) is 9.97. The fraction of sp³-hybridized carbons (Fsp3) is 0.190. The molecule has 10 nitrogen and oxygen atoms in total. The van der Waals surface area contributed by atoms with E-state index in [2.05, 4.69) is 25.1 Å². The Hall–Kier alpha value is -4.00. The standard InChI is InChI=1S/C21H18F2N6O4S/c1-3-6-34(31,32)29-18-15(22)5-4-13(16(18)23)19(30)17-14-7-11(8-24-20(14)28-27-17)12-9-25-21(33-2)26-10-12/h4-5,7-10,29H,3,6H2,1-2H3,(H,24,27,28). The smallest absolute Gasteiger partial charge is 0.316 e. The number of aromatic amines is 1. The van der Waals surface area contributed by atoms with Crippen LogP contribution < -0.4 is 9.46 Å². The van der Waals surface area contributed by atoms with Crippen molar-refractivity contribution in [2.24, 2.45) is 0 Å². The van der Waals surface area contributed by atoms with Crippen LogP contribution in [0.5, 0.6) is 6.01 Å². The zero-order chi connectivity index (χ0) is 24.5. The van der Waals surface area contributed by atoms with Gasteiger partial charge >= 0.3 is 6.01 Å². The number of nitrogens with zero attached hydrogens (tertiary/aromatic N) is 4. The molecule has 0 aliphatic carbocycles. The number of sulfonamides is 1. The fourth-order valence-electron chi connectivity index (χ4n) is 3.23. The van der Waals surface area contributed by atoms with Crippen LogP contribution in [0.15, 0.2) is 36.8 Å². The van der Waals surface area contributed by atoms with Gasteiger partial charge in [0.25, 0.3) is 0 Å². The average molecular weight is 488 g/mol. The molecule has 3 aromatic heterocycles. The molecule has 0 amide bonds. The zero-order valence-electron chi connectivity index (χ0n) is 18.0. The Morgan fingerprint density at radius 1 is 1.12 bits per heavy atom. The number of carbonyl (C=O) groups excluding carboxylic acids is 1. The fourth-order valence-corrected chi connectivity index (χ4v) is 4.37. The summed E-state index contributed by atoms with van der Waals surface area (Å²) in [5.74, 6) is -3.67. The van der Waals surface area contributed by atoms with Gasteiger partial charge in [-0.25, -0.2) is 32.2 Å². The van der Waals surface area contributed by atoms with Gasteiger partial charge in [-0.1, -0.05) is 6.92 Å². The highest BCUT2D eigenvalue weighted by molar-refractivity contribution is 7.92. The lowest BCUT2D eigenvalue weighted by molar-refractivity contribution is 0.103. The van der Waals surface area contributed by atoms with E-state index in [-0.39, 0.29) is 34.9 Å². The molecule has 0 saturated heterocycles. The molecule has 0 unspecified atom stereocenters. The van der Waals surface area contributed by atoms with Gasteiger partial charge in [-0.3, -0.25) is 14.6 Å². The molecule has 0 aliphatic rings. The number of anilines is 1. The van der Waals surface area contributed by atoms with Crippen LogP contribution in [0.3, 0.4) is 0 Å². The first-order chi connectivity index (χ1) is 16.2. The predicted octanol–water partition coefficient (Wildman–Crippen LogP) is 3.08. The maximum absolute atomic E-state index is 15.1. The van der Waals surface area contributed by atoms with Gasteiger partial charge in [0.2, 0.25) is 15.8 Å². The third-order valence-corrected chi connectivity index (χ3v) is 6.31. The molecule has 34 heavy (non-hydrogen) atoms. The second kappa shape index (κ2) is 9.09. The van der Waals surface area contributed by atoms with Crippen LogP contribution >= 0.6 is 0 Å². The Balaban J connectivity index is 1.75. The van der Waals surface area contributed by atoms with Gasteiger partial charge in [-0.05, 0) is 24.6 Å². The second-order valence-corrected chi connectivity index (χ2v) is 9.03. The number of benzene rings is 1. The molecule has 176 valence electrons. The number of pyridine rings is 1. The van der Waals surface area contributed by atoms with Crippen molar-refractivity contribution in [3.63, 3.8) is 0 Å². The van der Waals surface area contributed by atoms with Crippen LogP contribution in [0.4, 0.5) is 14.5 Å². The van der Waals surface area contributed by atoms with Crippen molar-refractivity contribution in [3.8, 4) is 17.1 Å². The normalized spacial score (nSPS) is 11.5. The predicted molar refractivity (Wildman–Crippen MR) is 119 cm³/mol. The summed E-state index contributed by atoms with van der Waals surface area (Å²) in [5.41, 5.74) is -0.246. The third kappa shape index (κ3) is 4.41. The number of hydrogen-bond acceptors (Lipinski definition) is 8. The van der Waals surface area contributed by atoms with E-state index < -0.39 is 38.7 Å². The Morgan fingerprint density at radius 2 is 1.82 bits per heavy atom. The molecule has 0 atom stereocenters. The summed E-state index contributed by atoms with van der Waals surface area (Å²) in [6.45, 7) is 1.61. The zero-order valence-corrected chi connectivity index (χ0v) is 18.8. The Labute approximate surface area is 192 Å². The Kier molecular flexibility index (Phi) is 6.20. The van der Waals surface area contributed by atoms with Gasteiger partial charge < -0.3 is 4.74 Å². The van der Waals surface area contributed by atoms with Gasteiger partial charge in [0.1, 0.15) is 17.2 Å². The SMILES string of the molecule is CCCS(=O)(=O)Nc1c(F)ccc(C(=O)c2[nH]nc3ncc(-c4cnc(OC)nc4)cc23)c1F. The van der Waals surface area contributed by atoms with Crippen molar-refractivity contribution in [1.29, 1.82) is 0 Å². The van der Waals surface area contributed by atoms with E-state index in [1.807, 2.05) is 4.72 Å². The van der Waals surface area contributed by atoms with Gasteiger partial charge in [0, 0.05) is 29.7 Å². The highest BCUT2D eigenvalue weighted by atomic mass is 32.2. The summed E-state index contributed by atoms with van der Waals surface area (Å²) >= 11 is 0. The largest absolute Gasteiger partial charge is 0.467 e. The van der Waals surface area contributed by atoms with Crippen LogP contribution in [0.1, 0.15) is 29.4 Å². The first-order valence-corrected chi connectivity index (χ1v) is 11.6. The molecule has 4 aromatic rings. The van der Waals surface area contributed by atoms with Gasteiger partial charge in [-0.15, -0.1) is 0 Å². The summed E-state index contributed by atoms with van der Waals surface area (Å²) in [5, 5.41) is 6.76. The lowest BCUT2D eigenvalue weighted by Crippen LogP contribution is -2.19. The van der Waals surface area contributed by atoms with E-state index in [0.29, 0.717) is 11.1 Å².